The van der Waals surface area contributed by atoms with Crippen molar-refractivity contribution in [3.63, 3.8) is 0 Å². The zero-order chi connectivity index (χ0) is 16.7. The molecule has 6 heteroatoms. The van der Waals surface area contributed by atoms with Crippen LogP contribution in [0.25, 0.3) is 10.2 Å². The van der Waals surface area contributed by atoms with Crippen molar-refractivity contribution in [2.24, 2.45) is 5.92 Å². The van der Waals surface area contributed by atoms with Gasteiger partial charge in [0.1, 0.15) is 15.5 Å². The Labute approximate surface area is 144 Å². The molecular weight excluding hydrogens is 324 g/mol. The van der Waals surface area contributed by atoms with E-state index in [1.165, 1.54) is 11.3 Å². The third-order valence-corrected chi connectivity index (χ3v) is 6.09. The zero-order valence-corrected chi connectivity index (χ0v) is 14.5. The van der Waals surface area contributed by atoms with Gasteiger partial charge in [0.2, 0.25) is 0 Å². The van der Waals surface area contributed by atoms with Gasteiger partial charge in [-0.15, -0.1) is 11.3 Å². The maximum Gasteiger partial charge on any atom is 0.348 e. The molecule has 1 aliphatic carbocycles. The summed E-state index contributed by atoms with van der Waals surface area (Å²) in [7, 11) is 0. The molecule has 2 aromatic rings. The predicted octanol–water partition coefficient (Wildman–Crippen LogP) is 3.23. The number of hydrogen-bond donors (Lipinski definition) is 0. The second-order valence-electron chi connectivity index (χ2n) is 6.57. The molecule has 4 rings (SSSR count). The van der Waals surface area contributed by atoms with E-state index in [-0.39, 0.29) is 11.5 Å². The quantitative estimate of drug-likeness (QED) is 0.633. The number of esters is 1. The van der Waals surface area contributed by atoms with Crippen molar-refractivity contribution in [3.05, 3.63) is 38.8 Å². The number of aromatic nitrogens is 2. The van der Waals surface area contributed by atoms with Crippen LogP contribution in [0.3, 0.4) is 0 Å². The Hall–Kier alpha value is -1.95. The van der Waals surface area contributed by atoms with Crippen molar-refractivity contribution in [2.75, 3.05) is 6.61 Å². The van der Waals surface area contributed by atoms with E-state index in [1.807, 2.05) is 6.92 Å². The maximum absolute atomic E-state index is 12.7. The normalized spacial score (nSPS) is 19.6. The molecule has 5 nitrogen and oxygen atoms in total. The van der Waals surface area contributed by atoms with E-state index >= 15 is 0 Å². The number of carbonyl (C=O) groups is 1. The van der Waals surface area contributed by atoms with Crippen LogP contribution < -0.4 is 5.56 Å². The van der Waals surface area contributed by atoms with E-state index in [1.54, 1.807) is 4.57 Å². The van der Waals surface area contributed by atoms with E-state index in [4.69, 9.17) is 4.74 Å². The number of ether oxygens (including phenoxy) is 1. The molecule has 0 fully saturated rings. The number of aryl methyl sites for hydroxylation is 2. The molecule has 0 bridgehead atoms. The molecule has 0 N–H and O–H groups in total. The number of allylic oxidation sites excluding steroid dienone is 2. The van der Waals surface area contributed by atoms with Gasteiger partial charge >= 0.3 is 5.97 Å². The smallest absolute Gasteiger partial charge is 0.348 e. The molecule has 0 saturated heterocycles. The van der Waals surface area contributed by atoms with Crippen molar-refractivity contribution in [1.82, 2.24) is 9.55 Å². The molecule has 0 saturated carbocycles. The van der Waals surface area contributed by atoms with Crippen LogP contribution in [0.4, 0.5) is 0 Å². The van der Waals surface area contributed by atoms with E-state index < -0.39 is 0 Å². The average molecular weight is 344 g/mol. The second-order valence-corrected chi connectivity index (χ2v) is 7.57. The largest absolute Gasteiger partial charge is 0.461 e. The van der Waals surface area contributed by atoms with Crippen LogP contribution in [0.2, 0.25) is 0 Å². The van der Waals surface area contributed by atoms with E-state index in [9.17, 15) is 9.59 Å². The summed E-state index contributed by atoms with van der Waals surface area (Å²) in [6.45, 7) is 2.99. The van der Waals surface area contributed by atoms with Gasteiger partial charge in [-0.2, -0.15) is 0 Å². The highest BCUT2D eigenvalue weighted by Gasteiger charge is 2.24. The number of thiophene rings is 1. The molecule has 2 aromatic heterocycles. The average Bonchev–Trinajstić information content (AvgIpc) is 3.19. The third kappa shape index (κ3) is 2.59. The van der Waals surface area contributed by atoms with Crippen molar-refractivity contribution >= 4 is 27.5 Å². The summed E-state index contributed by atoms with van der Waals surface area (Å²) in [4.78, 5) is 30.9. The summed E-state index contributed by atoms with van der Waals surface area (Å²) in [5.41, 5.74) is 0.695. The molecule has 2 aliphatic rings. The predicted molar refractivity (Wildman–Crippen MR) is 93.7 cm³/mol. The summed E-state index contributed by atoms with van der Waals surface area (Å²) < 4.78 is 7.26. The summed E-state index contributed by atoms with van der Waals surface area (Å²) >= 11 is 1.29. The lowest BCUT2D eigenvalue weighted by atomic mass is 9.95. The monoisotopic (exact) mass is 344 g/mol. The van der Waals surface area contributed by atoms with Gasteiger partial charge in [-0.1, -0.05) is 12.2 Å². The first kappa shape index (κ1) is 15.6. The molecular formula is C18H20N2O3S. The molecule has 1 aliphatic heterocycles. The highest BCUT2D eigenvalue weighted by Crippen LogP contribution is 2.29. The van der Waals surface area contributed by atoms with Gasteiger partial charge in [-0.3, -0.25) is 9.36 Å². The van der Waals surface area contributed by atoms with E-state index in [2.05, 4.69) is 17.1 Å². The summed E-state index contributed by atoms with van der Waals surface area (Å²) in [6.07, 6.45) is 9.20. The lowest BCUT2D eigenvalue weighted by Gasteiger charge is -2.17. The summed E-state index contributed by atoms with van der Waals surface area (Å²) in [6, 6.07) is 0. The van der Waals surface area contributed by atoms with Crippen LogP contribution in [0.15, 0.2) is 16.9 Å². The van der Waals surface area contributed by atoms with Crippen LogP contribution in [-0.2, 0) is 17.7 Å². The Morgan fingerprint density at radius 3 is 3.12 bits per heavy atom. The van der Waals surface area contributed by atoms with Crippen molar-refractivity contribution < 1.29 is 9.53 Å². The van der Waals surface area contributed by atoms with Crippen LogP contribution in [0, 0.1) is 12.8 Å². The van der Waals surface area contributed by atoms with Crippen LogP contribution >= 0.6 is 11.3 Å². The molecule has 0 radical (unpaired) electrons. The second kappa shape index (κ2) is 6.16. The van der Waals surface area contributed by atoms with Crippen LogP contribution in [0.1, 0.15) is 46.7 Å². The van der Waals surface area contributed by atoms with Gasteiger partial charge in [-0.25, -0.2) is 9.78 Å². The zero-order valence-electron chi connectivity index (χ0n) is 13.7. The van der Waals surface area contributed by atoms with Gasteiger partial charge in [0.25, 0.3) is 5.56 Å². The van der Waals surface area contributed by atoms with Gasteiger partial charge in [0.05, 0.1) is 12.0 Å². The summed E-state index contributed by atoms with van der Waals surface area (Å²) in [5.74, 6) is 0.915. The molecule has 24 heavy (non-hydrogen) atoms. The topological polar surface area (TPSA) is 61.2 Å². The van der Waals surface area contributed by atoms with E-state index in [0.717, 1.165) is 44.5 Å². The highest BCUT2D eigenvalue weighted by molar-refractivity contribution is 7.20. The minimum absolute atomic E-state index is 0.0160. The molecule has 0 spiro atoms. The Morgan fingerprint density at radius 2 is 2.33 bits per heavy atom. The number of carbonyl (C=O) groups excluding carboxylic acids is 1. The fraction of sp³-hybridized carbons (Fsp3) is 0.500. The molecule has 0 amide bonds. The number of hydrogen-bond acceptors (Lipinski definition) is 5. The summed E-state index contributed by atoms with van der Waals surface area (Å²) in [5, 5.41) is 0.582. The number of rotatable bonds is 3. The first-order valence-corrected chi connectivity index (χ1v) is 9.31. The van der Waals surface area contributed by atoms with Gasteiger partial charge in [0, 0.05) is 13.0 Å². The first-order valence-electron chi connectivity index (χ1n) is 8.50. The Morgan fingerprint density at radius 1 is 1.46 bits per heavy atom. The lowest BCUT2D eigenvalue weighted by Crippen LogP contribution is -2.20. The van der Waals surface area contributed by atoms with Gasteiger partial charge in [-0.05, 0) is 44.1 Å². The van der Waals surface area contributed by atoms with Crippen molar-refractivity contribution in [1.29, 1.82) is 0 Å². The molecule has 0 aromatic carbocycles. The van der Waals surface area contributed by atoms with Crippen molar-refractivity contribution in [2.45, 2.75) is 45.6 Å². The lowest BCUT2D eigenvalue weighted by molar-refractivity contribution is 0.0437. The van der Waals surface area contributed by atoms with Crippen LogP contribution in [-0.4, -0.2) is 22.1 Å². The molecule has 1 unspecified atom stereocenters. The third-order valence-electron chi connectivity index (χ3n) is 4.92. The number of nitrogens with zero attached hydrogens (tertiary/aromatic N) is 2. The van der Waals surface area contributed by atoms with Gasteiger partial charge in [0.15, 0.2) is 0 Å². The highest BCUT2D eigenvalue weighted by atomic mass is 32.1. The molecule has 126 valence electrons. The van der Waals surface area contributed by atoms with Crippen LogP contribution in [0.5, 0.6) is 0 Å². The Balaban J connectivity index is 1.61. The maximum atomic E-state index is 12.7. The first-order chi connectivity index (χ1) is 11.6. The fourth-order valence-corrected chi connectivity index (χ4v) is 4.62. The number of fused-ring (bicyclic) bond motifs is 2. The Bertz CT molecular complexity index is 894. The minimum atomic E-state index is -0.324. The van der Waals surface area contributed by atoms with E-state index in [0.29, 0.717) is 33.2 Å². The van der Waals surface area contributed by atoms with Gasteiger partial charge < -0.3 is 4.74 Å². The Kier molecular flexibility index (Phi) is 4.00. The molecule has 3 heterocycles. The van der Waals surface area contributed by atoms with Crippen molar-refractivity contribution in [3.8, 4) is 0 Å². The standard InChI is InChI=1S/C18H20N2O3S/c1-11-14-16(19-13-8-5-9-20(13)17(14)21)24-15(11)18(22)23-10-12-6-3-2-4-7-12/h2-3,12H,4-10H2,1H3. The molecule has 1 atom stereocenters. The fourth-order valence-electron chi connectivity index (χ4n) is 3.54. The minimum Gasteiger partial charge on any atom is -0.461 e. The SMILES string of the molecule is Cc1c(C(=O)OCC2CC=CCC2)sc2nc3n(c(=O)c12)CCC3.